The number of benzene rings is 1. The Bertz CT molecular complexity index is 447. The third kappa shape index (κ3) is 3.86. The minimum Gasteiger partial charge on any atom is -0.468 e. The Morgan fingerprint density at radius 1 is 1.39 bits per heavy atom. The second-order valence-electron chi connectivity index (χ2n) is 3.12. The molecule has 0 aliphatic carbocycles. The molecule has 0 N–H and O–H groups in total. The number of carbonyl (C=O) groups is 1. The molecular formula is C10H7BrF4O3. The maximum absolute atomic E-state index is 13.1. The van der Waals surface area contributed by atoms with Crippen LogP contribution in [-0.4, -0.2) is 19.4 Å². The number of carbonyl (C=O) groups excluding carboxylic acids is 1. The third-order valence-electron chi connectivity index (χ3n) is 1.88. The van der Waals surface area contributed by atoms with E-state index in [1.807, 2.05) is 0 Å². The lowest BCUT2D eigenvalue weighted by atomic mass is 10.1. The molecule has 1 aromatic carbocycles. The fourth-order valence-electron chi connectivity index (χ4n) is 1.12. The van der Waals surface area contributed by atoms with Crippen LogP contribution in [-0.2, 0) is 9.53 Å². The van der Waals surface area contributed by atoms with Crippen molar-refractivity contribution in [1.82, 2.24) is 0 Å². The number of alkyl halides is 4. The highest BCUT2D eigenvalue weighted by Gasteiger charge is 2.33. The van der Waals surface area contributed by atoms with E-state index in [1.54, 1.807) is 0 Å². The van der Waals surface area contributed by atoms with Crippen molar-refractivity contribution >= 4 is 21.9 Å². The van der Waals surface area contributed by atoms with Crippen LogP contribution >= 0.6 is 15.9 Å². The molecule has 0 aliphatic heterocycles. The lowest BCUT2D eigenvalue weighted by Gasteiger charge is -2.12. The van der Waals surface area contributed by atoms with Crippen LogP contribution in [0.1, 0.15) is 10.4 Å². The highest BCUT2D eigenvalue weighted by molar-refractivity contribution is 9.09. The summed E-state index contributed by atoms with van der Waals surface area (Å²) in [5, 5.41) is 0. The van der Waals surface area contributed by atoms with Gasteiger partial charge in [-0.3, -0.25) is 4.79 Å². The summed E-state index contributed by atoms with van der Waals surface area (Å²) in [6, 6.07) is 2.70. The Balaban J connectivity index is 3.04. The molecule has 0 fully saturated rings. The second kappa shape index (κ2) is 5.55. The largest absolute Gasteiger partial charge is 0.573 e. The molecule has 0 amide bonds. The van der Waals surface area contributed by atoms with Gasteiger partial charge in [0.25, 0.3) is 0 Å². The minimum absolute atomic E-state index is 0.0856. The van der Waals surface area contributed by atoms with Crippen LogP contribution in [0.15, 0.2) is 18.2 Å². The summed E-state index contributed by atoms with van der Waals surface area (Å²) in [6.45, 7) is 0. The van der Waals surface area contributed by atoms with Crippen LogP contribution in [0.2, 0.25) is 0 Å². The van der Waals surface area contributed by atoms with Gasteiger partial charge in [0, 0.05) is 0 Å². The summed E-state index contributed by atoms with van der Waals surface area (Å²) in [4.78, 5) is 10.2. The van der Waals surface area contributed by atoms with Crippen molar-refractivity contribution in [3.05, 3.63) is 29.6 Å². The van der Waals surface area contributed by atoms with Gasteiger partial charge in [0.2, 0.25) is 0 Å². The molecule has 8 heteroatoms. The van der Waals surface area contributed by atoms with Crippen LogP contribution in [0.25, 0.3) is 0 Å². The smallest absolute Gasteiger partial charge is 0.468 e. The van der Waals surface area contributed by atoms with Crippen molar-refractivity contribution in [2.24, 2.45) is 0 Å². The van der Waals surface area contributed by atoms with Crippen molar-refractivity contribution in [2.45, 2.75) is 11.2 Å². The van der Waals surface area contributed by atoms with E-state index in [1.165, 1.54) is 0 Å². The molecule has 0 bridgehead atoms. The Kier molecular flexibility index (Phi) is 4.55. The molecule has 1 atom stereocenters. The number of hydrogen-bond acceptors (Lipinski definition) is 3. The van der Waals surface area contributed by atoms with E-state index in [-0.39, 0.29) is 5.56 Å². The SMILES string of the molecule is COC(=O)C(Br)c1ccc(F)c(OC(F)(F)F)c1. The molecule has 18 heavy (non-hydrogen) atoms. The Hall–Kier alpha value is -1.31. The normalized spacial score (nSPS) is 13.0. The fraction of sp³-hybridized carbons (Fsp3) is 0.300. The third-order valence-corrected chi connectivity index (χ3v) is 2.78. The number of hydrogen-bond donors (Lipinski definition) is 0. The number of ether oxygens (including phenoxy) is 2. The van der Waals surface area contributed by atoms with Gasteiger partial charge in [-0.05, 0) is 17.7 Å². The van der Waals surface area contributed by atoms with E-state index in [0.717, 1.165) is 25.3 Å². The standard InChI is InChI=1S/C10H7BrF4O3/c1-17-9(16)8(11)5-2-3-6(12)7(4-5)18-10(13,14)15/h2-4,8H,1H3. The van der Waals surface area contributed by atoms with Crippen LogP contribution < -0.4 is 4.74 Å². The molecule has 0 aliphatic rings. The summed E-state index contributed by atoms with van der Waals surface area (Å²) in [5.41, 5.74) is 0.0856. The first-order valence-electron chi connectivity index (χ1n) is 4.51. The molecule has 0 saturated heterocycles. The van der Waals surface area contributed by atoms with Gasteiger partial charge in [-0.2, -0.15) is 0 Å². The van der Waals surface area contributed by atoms with E-state index in [0.29, 0.717) is 0 Å². The molecule has 0 heterocycles. The van der Waals surface area contributed by atoms with Crippen molar-refractivity contribution in [1.29, 1.82) is 0 Å². The van der Waals surface area contributed by atoms with Crippen molar-refractivity contribution in [2.75, 3.05) is 7.11 Å². The van der Waals surface area contributed by atoms with Gasteiger partial charge in [-0.25, -0.2) is 4.39 Å². The molecule has 1 rings (SSSR count). The molecular weight excluding hydrogens is 324 g/mol. The molecule has 0 saturated carbocycles. The zero-order chi connectivity index (χ0) is 13.9. The lowest BCUT2D eigenvalue weighted by molar-refractivity contribution is -0.275. The summed E-state index contributed by atoms with van der Waals surface area (Å²) in [5.74, 6) is -2.91. The average Bonchev–Trinajstić information content (AvgIpc) is 2.28. The molecule has 1 aromatic rings. The topological polar surface area (TPSA) is 35.5 Å². The molecule has 0 radical (unpaired) electrons. The number of rotatable bonds is 3. The van der Waals surface area contributed by atoms with E-state index in [2.05, 4.69) is 25.4 Å². The van der Waals surface area contributed by atoms with E-state index in [4.69, 9.17) is 0 Å². The summed E-state index contributed by atoms with van der Waals surface area (Å²) >= 11 is 2.92. The molecule has 0 spiro atoms. The van der Waals surface area contributed by atoms with Crippen LogP contribution in [0, 0.1) is 5.82 Å². The average molecular weight is 331 g/mol. The van der Waals surface area contributed by atoms with Crippen molar-refractivity contribution < 1.29 is 31.8 Å². The molecule has 0 aromatic heterocycles. The number of methoxy groups -OCH3 is 1. The maximum atomic E-state index is 13.1. The van der Waals surface area contributed by atoms with Crippen molar-refractivity contribution in [3.63, 3.8) is 0 Å². The second-order valence-corrected chi connectivity index (χ2v) is 4.04. The van der Waals surface area contributed by atoms with Gasteiger partial charge >= 0.3 is 12.3 Å². The zero-order valence-electron chi connectivity index (χ0n) is 8.92. The van der Waals surface area contributed by atoms with Crippen LogP contribution in [0.3, 0.4) is 0 Å². The van der Waals surface area contributed by atoms with E-state index in [9.17, 15) is 22.4 Å². The minimum atomic E-state index is -5.01. The first kappa shape index (κ1) is 14.7. The highest BCUT2D eigenvalue weighted by Crippen LogP contribution is 2.31. The predicted molar refractivity (Wildman–Crippen MR) is 56.8 cm³/mol. The maximum Gasteiger partial charge on any atom is 0.573 e. The van der Waals surface area contributed by atoms with Gasteiger partial charge in [-0.15, -0.1) is 13.2 Å². The van der Waals surface area contributed by atoms with Crippen molar-refractivity contribution in [3.8, 4) is 5.75 Å². The quantitative estimate of drug-likeness (QED) is 0.484. The van der Waals surface area contributed by atoms with E-state index >= 15 is 0 Å². The van der Waals surface area contributed by atoms with Gasteiger partial charge in [0.15, 0.2) is 11.6 Å². The van der Waals surface area contributed by atoms with Gasteiger partial charge in [0.1, 0.15) is 4.83 Å². The molecule has 3 nitrogen and oxygen atoms in total. The molecule has 100 valence electrons. The first-order valence-corrected chi connectivity index (χ1v) is 5.43. The Morgan fingerprint density at radius 3 is 2.50 bits per heavy atom. The summed E-state index contributed by atoms with van der Waals surface area (Å²) in [7, 11) is 1.12. The summed E-state index contributed by atoms with van der Waals surface area (Å²) in [6.07, 6.45) is -5.01. The van der Waals surface area contributed by atoms with Gasteiger partial charge in [-0.1, -0.05) is 22.0 Å². The van der Waals surface area contributed by atoms with Gasteiger partial charge in [0.05, 0.1) is 7.11 Å². The van der Waals surface area contributed by atoms with Crippen LogP contribution in [0.5, 0.6) is 5.75 Å². The highest BCUT2D eigenvalue weighted by atomic mass is 79.9. The lowest BCUT2D eigenvalue weighted by Crippen LogP contribution is -2.18. The monoisotopic (exact) mass is 330 g/mol. The van der Waals surface area contributed by atoms with E-state index < -0.39 is 28.7 Å². The molecule has 1 unspecified atom stereocenters. The summed E-state index contributed by atoms with van der Waals surface area (Å²) < 4.78 is 56.9. The van der Waals surface area contributed by atoms with Gasteiger partial charge < -0.3 is 9.47 Å². The van der Waals surface area contributed by atoms with Crippen LogP contribution in [0.4, 0.5) is 17.6 Å². The predicted octanol–water partition coefficient (Wildman–Crippen LogP) is 3.33. The number of halogens is 5. The first-order chi connectivity index (χ1) is 8.24. The number of esters is 1. The zero-order valence-corrected chi connectivity index (χ0v) is 10.5. The Labute approximate surface area is 108 Å². The fourth-order valence-corrected chi connectivity index (χ4v) is 1.59. The Morgan fingerprint density at radius 2 is 2.00 bits per heavy atom.